The monoisotopic (exact) mass is 1320 g/mol. The Labute approximate surface area is 548 Å². The Balaban J connectivity index is 0.821. The van der Waals surface area contributed by atoms with Gasteiger partial charge in [0.15, 0.2) is 11.2 Å². The number of ether oxygens (including phenoxy) is 12. The van der Waals surface area contributed by atoms with Crippen molar-refractivity contribution in [3.8, 4) is 0 Å². The molecule has 0 radical (unpaired) electrons. The standard InChI is InChI=1S/C70H96N2O22/c1-11-71-31-63(33-83-3)39(73)27-41(85-5)67-37-29-65(81)57(91-61(79)35-21-15-13-16-22-35)45(37)69(55(77)59(65)89-9,47(53(67)71)49(87-7)51(63)67)93-43(75)25-19-20-26-44(76)94-70-46-38(30-66(82,60(90-10)56(70)78)58(46)92-62(80)36-23-17-14-18-24-36)68-42(86-6)28-40(74)64(34-84-4)32-72(12-2)54(68)48(70)50(88-8)52(64)68/h13-18,21-24,37-42,45-60,73-74,77-78,81-82H,11-12,19-20,25-34H2,1-10H3/t37-,38-,39-,40-,41+,42+,45-,46-,47+,48+,49+,50+,51-,52-,53?,54?,55+,56+,57-,58-,59+,60+,63+,64+,65-,66-,67+,68+,69-,70-/m1/s1. The Morgan fingerprint density at radius 3 is 1.19 bits per heavy atom. The minimum Gasteiger partial charge on any atom is -0.455 e. The number of hydrogen-bond donors (Lipinski definition) is 6. The molecule has 10 aliphatic carbocycles. The van der Waals surface area contributed by atoms with E-state index in [1.54, 1.807) is 103 Å². The molecule has 6 N–H and O–H groups in total. The van der Waals surface area contributed by atoms with Crippen molar-refractivity contribution < 1.29 is 107 Å². The predicted octanol–water partition coefficient (Wildman–Crippen LogP) is 1.83. The van der Waals surface area contributed by atoms with Crippen LogP contribution in [0, 0.1) is 69.0 Å². The van der Waals surface area contributed by atoms with Gasteiger partial charge in [-0.2, -0.15) is 0 Å². The van der Waals surface area contributed by atoms with Gasteiger partial charge < -0.3 is 87.5 Å². The molecular formula is C70H96N2O22. The van der Waals surface area contributed by atoms with Gasteiger partial charge in [-0.15, -0.1) is 0 Å². The quantitative estimate of drug-likeness (QED) is 0.0525. The molecule has 2 aromatic carbocycles. The number of likely N-dealkylation sites (tertiary alicyclic amines) is 2. The van der Waals surface area contributed by atoms with Crippen molar-refractivity contribution in [2.45, 2.75) is 173 Å². The highest BCUT2D eigenvalue weighted by Gasteiger charge is 2.95. The van der Waals surface area contributed by atoms with Gasteiger partial charge in [0.2, 0.25) is 0 Å². The lowest BCUT2D eigenvalue weighted by molar-refractivity contribution is -0.323. The Bertz CT molecular complexity index is 3000. The first kappa shape index (κ1) is 66.9. The highest BCUT2D eigenvalue weighted by atomic mass is 16.6. The Hall–Kier alpha value is -4.32. The average Bonchev–Trinajstić information content (AvgIpc) is 1.45. The molecule has 24 nitrogen and oxygen atoms in total. The molecule has 14 bridgehead atoms. The van der Waals surface area contributed by atoms with Crippen molar-refractivity contribution in [1.29, 1.82) is 0 Å². The first-order valence-corrected chi connectivity index (χ1v) is 33.9. The molecule has 12 aliphatic rings. The van der Waals surface area contributed by atoms with Gasteiger partial charge in [-0.1, -0.05) is 50.2 Å². The molecule has 518 valence electrons. The number of unbranched alkanes of at least 4 members (excludes halogenated alkanes) is 1. The van der Waals surface area contributed by atoms with E-state index in [9.17, 15) is 40.2 Å². The fourth-order valence-corrected chi connectivity index (χ4v) is 25.2. The van der Waals surface area contributed by atoms with E-state index in [0.717, 1.165) is 0 Å². The molecule has 10 saturated carbocycles. The second-order valence-corrected chi connectivity index (χ2v) is 29.8. The van der Waals surface area contributed by atoms with Crippen LogP contribution in [0.25, 0.3) is 0 Å². The van der Waals surface area contributed by atoms with Crippen LogP contribution >= 0.6 is 0 Å². The number of piperidine rings is 2. The summed E-state index contributed by atoms with van der Waals surface area (Å²) in [5, 5.41) is 78.9. The molecule has 0 aromatic heterocycles. The lowest BCUT2D eigenvalue weighted by Gasteiger charge is -2.70. The van der Waals surface area contributed by atoms with Crippen LogP contribution in [-0.2, 0) is 66.4 Å². The van der Waals surface area contributed by atoms with E-state index in [-0.39, 0.29) is 75.7 Å². The molecule has 30 atom stereocenters. The van der Waals surface area contributed by atoms with Crippen LogP contribution in [0.3, 0.4) is 0 Å². The maximum absolute atomic E-state index is 15.5. The summed E-state index contributed by atoms with van der Waals surface area (Å²) in [6.07, 6.45) is -14.4. The van der Waals surface area contributed by atoms with Gasteiger partial charge in [0, 0.05) is 165 Å². The number of fused-ring (bicyclic) bond motifs is 4. The molecule has 2 unspecified atom stereocenters. The van der Waals surface area contributed by atoms with E-state index in [2.05, 4.69) is 9.80 Å². The van der Waals surface area contributed by atoms with Gasteiger partial charge in [-0.25, -0.2) is 9.59 Å². The van der Waals surface area contributed by atoms with Gasteiger partial charge in [-0.3, -0.25) is 19.4 Å². The topological polar surface area (TPSA) is 307 Å². The van der Waals surface area contributed by atoms with E-state index in [4.69, 9.17) is 56.8 Å². The lowest BCUT2D eigenvalue weighted by Crippen LogP contribution is -2.81. The second-order valence-electron chi connectivity index (χ2n) is 29.8. The highest BCUT2D eigenvalue weighted by molar-refractivity contribution is 5.90. The molecule has 12 fully saturated rings. The zero-order chi connectivity index (χ0) is 66.8. The van der Waals surface area contributed by atoms with E-state index < -0.39 is 201 Å². The predicted molar refractivity (Wildman–Crippen MR) is 328 cm³/mol. The molecule has 2 spiro atoms. The van der Waals surface area contributed by atoms with Crippen molar-refractivity contribution in [3.05, 3.63) is 71.8 Å². The zero-order valence-corrected chi connectivity index (χ0v) is 55.5. The zero-order valence-electron chi connectivity index (χ0n) is 55.5. The first-order valence-electron chi connectivity index (χ1n) is 33.9. The SMILES string of the molecule is CCN1C[C@]2(COC)[C@H](O)C[C@H](OC)[C@]34C1[C@H]([C@H](OC)[C@H]23)[C@]1(OC(=O)CCCCC(=O)O[C@]23[C@H]5[C@@H](OC(=O)c6ccccc6)[C@](O)(C[C@H]5[C@@]56C7[C@@H]2[C@H](OC)[C@@H]5[C@](COC)(CN7CC)[C@H](O)C[C@@H]6OC)[C@@H](OC)[C@@H]3O)[C@H]2[C@@H](OC(=O)c3ccccc3)[C@](O)(C[C@H]24)[C@@H](OC)[C@@H]1O. The first-order chi connectivity index (χ1) is 45.1. The summed E-state index contributed by atoms with van der Waals surface area (Å²) in [5.41, 5.74) is -11.5. The number of carbonyl (C=O) groups is 4. The van der Waals surface area contributed by atoms with Crippen LogP contribution in [0.2, 0.25) is 0 Å². The molecule has 0 amide bonds. The van der Waals surface area contributed by atoms with E-state index >= 15 is 9.59 Å². The smallest absolute Gasteiger partial charge is 0.338 e. The largest absolute Gasteiger partial charge is 0.455 e. The Morgan fingerprint density at radius 2 is 0.872 bits per heavy atom. The van der Waals surface area contributed by atoms with Crippen molar-refractivity contribution in [2.75, 3.05) is 96.3 Å². The van der Waals surface area contributed by atoms with E-state index in [1.165, 1.54) is 14.2 Å². The summed E-state index contributed by atoms with van der Waals surface area (Å²) in [5.74, 6) is -9.52. The van der Waals surface area contributed by atoms with Crippen molar-refractivity contribution in [2.24, 2.45) is 69.0 Å². The van der Waals surface area contributed by atoms with Crippen molar-refractivity contribution in [1.82, 2.24) is 9.80 Å². The number of aliphatic hydroxyl groups excluding tert-OH is 4. The van der Waals surface area contributed by atoms with Gasteiger partial charge in [0.1, 0.15) is 47.8 Å². The Kier molecular flexibility index (Phi) is 16.9. The van der Waals surface area contributed by atoms with Crippen LogP contribution in [0.1, 0.15) is 85.9 Å². The summed E-state index contributed by atoms with van der Waals surface area (Å²) in [6, 6.07) is 15.6. The number of nitrogens with zero attached hydrogens (tertiary/aromatic N) is 2. The van der Waals surface area contributed by atoms with Crippen LogP contribution < -0.4 is 0 Å². The van der Waals surface area contributed by atoms with Gasteiger partial charge in [0.05, 0.1) is 61.0 Å². The molecule has 2 aromatic rings. The molecule has 2 heterocycles. The minimum absolute atomic E-state index is 0.0382. The average molecular weight is 1320 g/mol. The van der Waals surface area contributed by atoms with Crippen molar-refractivity contribution >= 4 is 23.9 Å². The molecule has 94 heavy (non-hydrogen) atoms. The third kappa shape index (κ3) is 8.13. The number of hydrogen-bond acceptors (Lipinski definition) is 24. The molecule has 14 rings (SSSR count). The fraction of sp³-hybridized carbons (Fsp3) is 0.771. The third-order valence-corrected chi connectivity index (χ3v) is 27.3. The summed E-state index contributed by atoms with van der Waals surface area (Å²) in [7, 11) is 12.3. The van der Waals surface area contributed by atoms with E-state index in [0.29, 0.717) is 26.2 Å². The van der Waals surface area contributed by atoms with Crippen LogP contribution in [0.4, 0.5) is 0 Å². The number of methoxy groups -OCH3 is 8. The maximum Gasteiger partial charge on any atom is 0.338 e. The summed E-state index contributed by atoms with van der Waals surface area (Å²) in [6.45, 7) is 5.92. The molecule has 24 heteroatoms. The fourth-order valence-electron chi connectivity index (χ4n) is 25.2. The van der Waals surface area contributed by atoms with Gasteiger partial charge in [0.25, 0.3) is 0 Å². The van der Waals surface area contributed by atoms with Crippen LogP contribution in [0.5, 0.6) is 0 Å². The lowest BCUT2D eigenvalue weighted by atomic mass is 9.42. The number of aliphatic hydroxyl groups is 6. The van der Waals surface area contributed by atoms with Crippen molar-refractivity contribution in [3.63, 3.8) is 0 Å². The van der Waals surface area contributed by atoms with Crippen LogP contribution in [0.15, 0.2) is 60.7 Å². The third-order valence-electron chi connectivity index (χ3n) is 27.3. The second kappa shape index (κ2) is 23.7. The summed E-state index contributed by atoms with van der Waals surface area (Å²) >= 11 is 0. The molecule has 2 aliphatic heterocycles. The maximum atomic E-state index is 15.5. The number of benzene rings is 2. The van der Waals surface area contributed by atoms with E-state index in [1.807, 2.05) is 13.8 Å². The number of esters is 4. The number of carbonyl (C=O) groups excluding carboxylic acids is 4. The minimum atomic E-state index is -2.03. The van der Waals surface area contributed by atoms with Gasteiger partial charge >= 0.3 is 23.9 Å². The summed E-state index contributed by atoms with van der Waals surface area (Å²) in [4.78, 5) is 64.5. The molecular weight excluding hydrogens is 1220 g/mol. The number of rotatable bonds is 23. The van der Waals surface area contributed by atoms with Gasteiger partial charge in [-0.05, 0) is 74.9 Å². The molecule has 2 saturated heterocycles. The normalized spacial score (nSPS) is 49.3. The summed E-state index contributed by atoms with van der Waals surface area (Å²) < 4.78 is 78.5. The Morgan fingerprint density at radius 1 is 0.500 bits per heavy atom. The highest BCUT2D eigenvalue weighted by Crippen LogP contribution is 2.83. The van der Waals surface area contributed by atoms with Crippen LogP contribution in [-0.4, -0.2) is 268 Å².